The normalized spacial score (nSPS) is 13.0. The predicted octanol–water partition coefficient (Wildman–Crippen LogP) is -2.19. The molecule has 0 heterocycles. The van der Waals surface area contributed by atoms with Crippen molar-refractivity contribution >= 4 is 17.8 Å². The molecule has 0 aromatic rings. The molecule has 0 aromatic heterocycles. The van der Waals surface area contributed by atoms with Crippen LogP contribution in [0.4, 0.5) is 0 Å². The van der Waals surface area contributed by atoms with Crippen molar-refractivity contribution in [2.75, 3.05) is 0 Å². The standard InChI is InChI=1S/C12H19NO5.K/c1-2-3-4-5-6-10(14)13-9(12(17)18)7-8-11(15)16;/h4-5,9H,2-3,6-8H2,1H3,(H,13,14)(H,15,16)(H,17,18);/q;+1/p-1/b5-4+;/t9-;/m0./s1. The first-order valence-corrected chi connectivity index (χ1v) is 5.80. The zero-order valence-corrected chi connectivity index (χ0v) is 14.5. The second kappa shape index (κ2) is 12.8. The van der Waals surface area contributed by atoms with Crippen LogP contribution in [-0.2, 0) is 9.59 Å². The molecule has 0 aliphatic rings. The molecule has 0 unspecified atom stereocenters. The molecule has 0 aromatic carbocycles. The van der Waals surface area contributed by atoms with E-state index < -0.39 is 23.9 Å². The molecule has 0 fully saturated rings. The third-order valence-electron chi connectivity index (χ3n) is 2.13. The maximum atomic E-state index is 11.3. The first-order chi connectivity index (χ1) is 8.47. The van der Waals surface area contributed by atoms with Crippen LogP contribution in [0.15, 0.2) is 17.1 Å². The zero-order valence-electron chi connectivity index (χ0n) is 11.3. The number of hydrogen-bond donors (Lipinski definition) is 2. The van der Waals surface area contributed by atoms with Crippen LogP contribution in [0.25, 0.3) is 0 Å². The Labute approximate surface area is 155 Å². The van der Waals surface area contributed by atoms with Gasteiger partial charge < -0.3 is 15.3 Å². The number of carbonyl (C=O) groups is 2. The number of allylic oxidation sites excluding steroid dienone is 1. The van der Waals surface area contributed by atoms with Crippen LogP contribution in [0.1, 0.15) is 39.0 Å². The van der Waals surface area contributed by atoms with Gasteiger partial charge in [0.05, 0.1) is 0 Å². The molecule has 0 rings (SSSR count). The maximum Gasteiger partial charge on any atom is 1.00 e. The van der Waals surface area contributed by atoms with Crippen LogP contribution in [-0.4, -0.2) is 34.1 Å². The first kappa shape index (κ1) is 21.1. The zero-order chi connectivity index (χ0) is 14.0. The van der Waals surface area contributed by atoms with Crippen molar-refractivity contribution < 1.29 is 76.3 Å². The Balaban J connectivity index is 0. The van der Waals surface area contributed by atoms with Gasteiger partial charge in [0.1, 0.15) is 6.04 Å². The van der Waals surface area contributed by atoms with E-state index in [-0.39, 0.29) is 70.6 Å². The number of aliphatic carboxylic acids is 2. The summed E-state index contributed by atoms with van der Waals surface area (Å²) >= 11 is 0. The summed E-state index contributed by atoms with van der Waals surface area (Å²) < 4.78 is 0. The molecule has 0 amide bonds. The molecule has 0 bridgehead atoms. The fourth-order valence-electron chi connectivity index (χ4n) is 1.20. The van der Waals surface area contributed by atoms with E-state index in [1.807, 2.05) is 13.0 Å². The molecule has 6 nitrogen and oxygen atoms in total. The molecule has 0 saturated carbocycles. The van der Waals surface area contributed by atoms with Crippen LogP contribution < -0.4 is 56.5 Å². The van der Waals surface area contributed by atoms with Crippen LogP contribution in [0, 0.1) is 0 Å². The summed E-state index contributed by atoms with van der Waals surface area (Å²) in [5.74, 6) is -2.92. The van der Waals surface area contributed by atoms with E-state index in [1.54, 1.807) is 6.08 Å². The Morgan fingerprint density at radius 3 is 2.42 bits per heavy atom. The summed E-state index contributed by atoms with van der Waals surface area (Å²) in [7, 11) is 0. The summed E-state index contributed by atoms with van der Waals surface area (Å²) in [5, 5.41) is 28.6. The molecule has 0 radical (unpaired) electrons. The molecule has 0 aliphatic carbocycles. The van der Waals surface area contributed by atoms with Gasteiger partial charge in [0, 0.05) is 6.42 Å². The molecule has 0 spiro atoms. The molecule has 2 N–H and O–H groups in total. The van der Waals surface area contributed by atoms with Gasteiger partial charge in [0.15, 0.2) is 0 Å². The number of rotatable bonds is 9. The number of hydrogen-bond acceptors (Lipinski definition) is 4. The minimum Gasteiger partial charge on any atom is -0.862 e. The number of unbranched alkanes of at least 4 members (excludes halogenated alkanes) is 1. The van der Waals surface area contributed by atoms with Crippen LogP contribution in [0.2, 0.25) is 0 Å². The van der Waals surface area contributed by atoms with Gasteiger partial charge in [-0.25, -0.2) is 4.79 Å². The van der Waals surface area contributed by atoms with Gasteiger partial charge >= 0.3 is 63.3 Å². The summed E-state index contributed by atoms with van der Waals surface area (Å²) in [5.41, 5.74) is 0. The molecule has 0 aliphatic heterocycles. The summed E-state index contributed by atoms with van der Waals surface area (Å²) in [6.07, 6.45) is 4.87. The van der Waals surface area contributed by atoms with Crippen molar-refractivity contribution in [3.05, 3.63) is 12.2 Å². The van der Waals surface area contributed by atoms with Gasteiger partial charge in [0.25, 0.3) is 0 Å². The minimum absolute atomic E-state index is 0. The van der Waals surface area contributed by atoms with Gasteiger partial charge in [-0.15, -0.1) is 0 Å². The second-order valence-corrected chi connectivity index (χ2v) is 3.77. The van der Waals surface area contributed by atoms with Crippen LogP contribution >= 0.6 is 0 Å². The van der Waals surface area contributed by atoms with E-state index in [4.69, 9.17) is 10.2 Å². The first-order valence-electron chi connectivity index (χ1n) is 5.80. The Morgan fingerprint density at radius 1 is 1.32 bits per heavy atom. The summed E-state index contributed by atoms with van der Waals surface area (Å²) in [6, 6.07) is -1.27. The predicted molar refractivity (Wildman–Crippen MR) is 64.4 cm³/mol. The van der Waals surface area contributed by atoms with Crippen molar-refractivity contribution in [2.45, 2.75) is 45.1 Å². The van der Waals surface area contributed by atoms with E-state index in [9.17, 15) is 14.7 Å². The van der Waals surface area contributed by atoms with Crippen LogP contribution in [0.3, 0.4) is 0 Å². The van der Waals surface area contributed by atoms with Gasteiger partial charge in [-0.1, -0.05) is 25.5 Å². The van der Waals surface area contributed by atoms with E-state index >= 15 is 0 Å². The SMILES string of the molecule is CCC/C=C/CC([O-])=N[C@@H](CCC(=O)O)C(=O)O.[K+]. The van der Waals surface area contributed by atoms with E-state index in [0.717, 1.165) is 12.8 Å². The summed E-state index contributed by atoms with van der Waals surface area (Å²) in [4.78, 5) is 24.6. The van der Waals surface area contributed by atoms with Crippen molar-refractivity contribution in [3.8, 4) is 0 Å². The van der Waals surface area contributed by atoms with E-state index in [2.05, 4.69) is 4.99 Å². The van der Waals surface area contributed by atoms with Gasteiger partial charge in [0.2, 0.25) is 0 Å². The number of nitrogens with zero attached hydrogens (tertiary/aromatic N) is 1. The fourth-order valence-corrected chi connectivity index (χ4v) is 1.20. The number of carboxylic acid groups (broad SMARTS) is 2. The maximum absolute atomic E-state index is 11.3. The topological polar surface area (TPSA) is 110 Å². The molecule has 0 saturated heterocycles. The Hall–Kier alpha value is -0.214. The molecule has 1 atom stereocenters. The van der Waals surface area contributed by atoms with Crippen molar-refractivity contribution in [2.24, 2.45) is 4.99 Å². The van der Waals surface area contributed by atoms with Crippen molar-refractivity contribution in [1.82, 2.24) is 0 Å². The third-order valence-corrected chi connectivity index (χ3v) is 2.13. The smallest absolute Gasteiger partial charge is 0.862 e. The Morgan fingerprint density at radius 2 is 1.95 bits per heavy atom. The second-order valence-electron chi connectivity index (χ2n) is 3.77. The quantitative estimate of drug-likeness (QED) is 0.217. The third kappa shape index (κ3) is 12.6. The Kier molecular flexibility index (Phi) is 14.2. The Bertz CT molecular complexity index is 341. The number of carboxylic acids is 2. The molecular weight excluding hydrogens is 277 g/mol. The molecular formula is C12H18KNO5. The van der Waals surface area contributed by atoms with Crippen molar-refractivity contribution in [3.63, 3.8) is 0 Å². The van der Waals surface area contributed by atoms with E-state index in [1.165, 1.54) is 0 Å². The average molecular weight is 295 g/mol. The fraction of sp³-hybridized carbons (Fsp3) is 0.583. The molecule has 102 valence electrons. The number of aliphatic imine (C=N–C) groups is 1. The molecule has 7 heteroatoms. The monoisotopic (exact) mass is 295 g/mol. The van der Waals surface area contributed by atoms with Gasteiger partial charge in [-0.05, 0) is 25.2 Å². The molecule has 19 heavy (non-hydrogen) atoms. The minimum atomic E-state index is -1.28. The van der Waals surface area contributed by atoms with Crippen molar-refractivity contribution in [1.29, 1.82) is 0 Å². The van der Waals surface area contributed by atoms with Gasteiger partial charge in [-0.3, -0.25) is 9.79 Å². The van der Waals surface area contributed by atoms with E-state index in [0.29, 0.717) is 0 Å². The van der Waals surface area contributed by atoms with Crippen LogP contribution in [0.5, 0.6) is 0 Å². The van der Waals surface area contributed by atoms with Gasteiger partial charge in [-0.2, -0.15) is 0 Å². The largest absolute Gasteiger partial charge is 1.00 e. The average Bonchev–Trinajstić information content (AvgIpc) is 2.29. The summed E-state index contributed by atoms with van der Waals surface area (Å²) in [6.45, 7) is 2.00.